The van der Waals surface area contributed by atoms with E-state index in [2.05, 4.69) is 10.1 Å². The molecule has 0 unspecified atom stereocenters. The van der Waals surface area contributed by atoms with E-state index in [0.717, 1.165) is 31.2 Å². The van der Waals surface area contributed by atoms with Crippen LogP contribution in [-0.2, 0) is 0 Å². The molecule has 7 nitrogen and oxygen atoms in total. The van der Waals surface area contributed by atoms with Crippen LogP contribution in [0.2, 0.25) is 0 Å². The lowest BCUT2D eigenvalue weighted by molar-refractivity contribution is -0.384. The molecule has 3 rings (SSSR count). The summed E-state index contributed by atoms with van der Waals surface area (Å²) in [5, 5.41) is 25.1. The Morgan fingerprint density at radius 1 is 1.24 bits per heavy atom. The van der Waals surface area contributed by atoms with Crippen molar-refractivity contribution in [2.45, 2.75) is 37.8 Å². The van der Waals surface area contributed by atoms with Gasteiger partial charge in [-0.3, -0.25) is 10.1 Å². The summed E-state index contributed by atoms with van der Waals surface area (Å²) in [6, 6.07) is 6.11. The number of nitro benzene ring substituents is 1. The average Bonchev–Trinajstić information content (AvgIpc) is 2.97. The molecule has 2 aromatic rings. The Balaban J connectivity index is 1.82. The van der Waals surface area contributed by atoms with Gasteiger partial charge in [0, 0.05) is 17.7 Å². The molecule has 1 aliphatic rings. The molecule has 1 aliphatic carbocycles. The quantitative estimate of drug-likeness (QED) is 0.691. The van der Waals surface area contributed by atoms with Gasteiger partial charge in [-0.2, -0.15) is 5.10 Å². The molecule has 110 valence electrons. The minimum Gasteiger partial charge on any atom is -0.391 e. The Labute approximate surface area is 121 Å². The van der Waals surface area contributed by atoms with Gasteiger partial charge < -0.3 is 5.11 Å². The Morgan fingerprint density at radius 3 is 2.62 bits per heavy atom. The van der Waals surface area contributed by atoms with Gasteiger partial charge >= 0.3 is 0 Å². The third-order valence-electron chi connectivity index (χ3n) is 3.88. The maximum absolute atomic E-state index is 10.6. The van der Waals surface area contributed by atoms with E-state index in [1.807, 2.05) is 0 Å². The number of non-ortho nitro benzene ring substituents is 1. The number of hydrogen-bond donors (Lipinski definition) is 1. The van der Waals surface area contributed by atoms with Crippen molar-refractivity contribution < 1.29 is 10.0 Å². The van der Waals surface area contributed by atoms with Crippen molar-refractivity contribution in [1.29, 1.82) is 0 Å². The van der Waals surface area contributed by atoms with E-state index < -0.39 is 4.92 Å². The topological polar surface area (TPSA) is 94.1 Å². The van der Waals surface area contributed by atoms with Crippen molar-refractivity contribution in [3.8, 4) is 11.4 Å². The fourth-order valence-electron chi connectivity index (χ4n) is 2.70. The smallest absolute Gasteiger partial charge is 0.269 e. The van der Waals surface area contributed by atoms with Crippen LogP contribution in [0.4, 0.5) is 5.69 Å². The van der Waals surface area contributed by atoms with E-state index in [4.69, 9.17) is 0 Å². The van der Waals surface area contributed by atoms with Crippen LogP contribution in [0.5, 0.6) is 0 Å². The number of aliphatic hydroxyl groups excluding tert-OH is 1. The van der Waals surface area contributed by atoms with Crippen molar-refractivity contribution in [2.75, 3.05) is 0 Å². The highest BCUT2D eigenvalue weighted by molar-refractivity contribution is 5.56. The third kappa shape index (κ3) is 2.78. The first kappa shape index (κ1) is 13.7. The SMILES string of the molecule is O=[N+]([O-])c1ccc(-c2ncn([C@H]3CCCC[C@@H]3O)n2)cc1. The van der Waals surface area contributed by atoms with Gasteiger partial charge in [0.15, 0.2) is 5.82 Å². The summed E-state index contributed by atoms with van der Waals surface area (Å²) in [6.07, 6.45) is 5.04. The molecular weight excluding hydrogens is 272 g/mol. The fraction of sp³-hybridized carbons (Fsp3) is 0.429. The van der Waals surface area contributed by atoms with Gasteiger partial charge in [-0.15, -0.1) is 0 Å². The van der Waals surface area contributed by atoms with E-state index in [0.29, 0.717) is 5.82 Å². The summed E-state index contributed by atoms with van der Waals surface area (Å²) in [6.45, 7) is 0. The average molecular weight is 288 g/mol. The highest BCUT2D eigenvalue weighted by atomic mass is 16.6. The first-order valence-electron chi connectivity index (χ1n) is 6.99. The van der Waals surface area contributed by atoms with Gasteiger partial charge in [-0.05, 0) is 25.0 Å². The van der Waals surface area contributed by atoms with Crippen LogP contribution in [0.1, 0.15) is 31.7 Å². The van der Waals surface area contributed by atoms with Crippen LogP contribution in [0.3, 0.4) is 0 Å². The number of benzene rings is 1. The van der Waals surface area contributed by atoms with Crippen molar-refractivity contribution in [3.63, 3.8) is 0 Å². The van der Waals surface area contributed by atoms with Crippen LogP contribution in [0, 0.1) is 10.1 Å². The molecule has 1 N–H and O–H groups in total. The van der Waals surface area contributed by atoms with Crippen LogP contribution in [0.15, 0.2) is 30.6 Å². The fourth-order valence-corrected chi connectivity index (χ4v) is 2.70. The lowest BCUT2D eigenvalue weighted by Gasteiger charge is -2.27. The molecule has 1 heterocycles. The second-order valence-electron chi connectivity index (χ2n) is 5.27. The molecule has 1 fully saturated rings. The Hall–Kier alpha value is -2.28. The first-order valence-corrected chi connectivity index (χ1v) is 6.99. The third-order valence-corrected chi connectivity index (χ3v) is 3.88. The van der Waals surface area contributed by atoms with Gasteiger partial charge in [-0.1, -0.05) is 12.8 Å². The van der Waals surface area contributed by atoms with Gasteiger partial charge in [-0.25, -0.2) is 9.67 Å². The van der Waals surface area contributed by atoms with Crippen molar-refractivity contribution in [2.24, 2.45) is 0 Å². The number of aliphatic hydroxyl groups is 1. The van der Waals surface area contributed by atoms with E-state index in [1.54, 1.807) is 23.1 Å². The summed E-state index contributed by atoms with van der Waals surface area (Å²) >= 11 is 0. The Bertz CT molecular complexity index is 638. The Morgan fingerprint density at radius 2 is 1.95 bits per heavy atom. The lowest BCUT2D eigenvalue weighted by Crippen LogP contribution is -2.27. The maximum atomic E-state index is 10.6. The van der Waals surface area contributed by atoms with Crippen molar-refractivity contribution >= 4 is 5.69 Å². The van der Waals surface area contributed by atoms with E-state index >= 15 is 0 Å². The molecule has 1 aromatic heterocycles. The summed E-state index contributed by atoms with van der Waals surface area (Å²) in [7, 11) is 0. The van der Waals surface area contributed by atoms with Crippen LogP contribution in [0.25, 0.3) is 11.4 Å². The highest BCUT2D eigenvalue weighted by Gasteiger charge is 2.25. The van der Waals surface area contributed by atoms with Gasteiger partial charge in [0.1, 0.15) is 6.33 Å². The number of nitrogens with zero attached hydrogens (tertiary/aromatic N) is 4. The second-order valence-corrected chi connectivity index (χ2v) is 5.27. The number of hydrogen-bond acceptors (Lipinski definition) is 5. The normalized spacial score (nSPS) is 22.1. The standard InChI is InChI=1S/C14H16N4O3/c19-13-4-2-1-3-12(13)17-9-15-14(16-17)10-5-7-11(8-6-10)18(20)21/h5-9,12-13,19H,1-4H2/t12-,13-/m0/s1. The first-order chi connectivity index (χ1) is 10.1. The molecule has 0 spiro atoms. The zero-order valence-corrected chi connectivity index (χ0v) is 11.4. The Kier molecular flexibility index (Phi) is 3.66. The van der Waals surface area contributed by atoms with Gasteiger partial charge in [0.05, 0.1) is 17.1 Å². The van der Waals surface area contributed by atoms with Gasteiger partial charge in [0.25, 0.3) is 5.69 Å². The minimum absolute atomic E-state index is 0.0296. The summed E-state index contributed by atoms with van der Waals surface area (Å²) < 4.78 is 1.71. The molecule has 0 aliphatic heterocycles. The molecule has 0 amide bonds. The largest absolute Gasteiger partial charge is 0.391 e. The molecule has 7 heteroatoms. The lowest BCUT2D eigenvalue weighted by atomic mass is 9.93. The number of rotatable bonds is 3. The summed E-state index contributed by atoms with van der Waals surface area (Å²) in [5.41, 5.74) is 0.769. The second kappa shape index (κ2) is 5.61. The number of nitro groups is 1. The molecular formula is C14H16N4O3. The monoisotopic (exact) mass is 288 g/mol. The minimum atomic E-state index is -0.436. The van der Waals surface area contributed by atoms with Crippen molar-refractivity contribution in [1.82, 2.24) is 14.8 Å². The van der Waals surface area contributed by atoms with Crippen molar-refractivity contribution in [3.05, 3.63) is 40.7 Å². The molecule has 2 atom stereocenters. The van der Waals surface area contributed by atoms with Crippen LogP contribution in [-0.4, -0.2) is 30.9 Å². The van der Waals surface area contributed by atoms with E-state index in [-0.39, 0.29) is 17.8 Å². The summed E-state index contributed by atoms with van der Waals surface area (Å²) in [4.78, 5) is 14.4. The molecule has 1 aromatic carbocycles. The summed E-state index contributed by atoms with van der Waals surface area (Å²) in [5.74, 6) is 0.516. The molecule has 1 saturated carbocycles. The van der Waals surface area contributed by atoms with Crippen LogP contribution < -0.4 is 0 Å². The van der Waals surface area contributed by atoms with E-state index in [1.165, 1.54) is 12.1 Å². The zero-order valence-electron chi connectivity index (χ0n) is 11.4. The molecule has 0 saturated heterocycles. The predicted molar refractivity (Wildman–Crippen MR) is 75.6 cm³/mol. The molecule has 0 radical (unpaired) electrons. The number of aromatic nitrogens is 3. The predicted octanol–water partition coefficient (Wildman–Crippen LogP) is 2.33. The molecule has 0 bridgehead atoms. The maximum Gasteiger partial charge on any atom is 0.269 e. The zero-order chi connectivity index (χ0) is 14.8. The molecule has 21 heavy (non-hydrogen) atoms. The van der Waals surface area contributed by atoms with Gasteiger partial charge in [0.2, 0.25) is 0 Å². The van der Waals surface area contributed by atoms with E-state index in [9.17, 15) is 15.2 Å². The highest BCUT2D eigenvalue weighted by Crippen LogP contribution is 2.28. The van der Waals surface area contributed by atoms with Crippen LogP contribution >= 0.6 is 0 Å².